The number of nitrogens with one attached hydrogen (secondary N) is 2. The number of amides is 2. The number of rotatable bonds is 9. The first-order valence-electron chi connectivity index (χ1n) is 8.72. The summed E-state index contributed by atoms with van der Waals surface area (Å²) < 4.78 is 24.2. The minimum Gasteiger partial charge on any atom is -0.355 e. The van der Waals surface area contributed by atoms with Gasteiger partial charge in [-0.05, 0) is 36.1 Å². The van der Waals surface area contributed by atoms with Gasteiger partial charge in [0.1, 0.15) is 5.75 Å². The quantitative estimate of drug-likeness (QED) is 0.684. The van der Waals surface area contributed by atoms with Crippen LogP contribution in [-0.2, 0) is 27.6 Å². The Hall–Kier alpha value is -2.67. The van der Waals surface area contributed by atoms with E-state index < -0.39 is 21.5 Å². The van der Waals surface area contributed by atoms with E-state index in [1.54, 1.807) is 31.3 Å². The smallest absolute Gasteiger partial charge is 0.251 e. The molecular formula is C20H24N2O4S. The van der Waals surface area contributed by atoms with Gasteiger partial charge < -0.3 is 10.6 Å². The topological polar surface area (TPSA) is 92.3 Å². The highest BCUT2D eigenvalue weighted by molar-refractivity contribution is 7.92. The molecule has 0 aliphatic heterocycles. The van der Waals surface area contributed by atoms with Gasteiger partial charge in [0.15, 0.2) is 9.84 Å². The predicted molar refractivity (Wildman–Crippen MR) is 105 cm³/mol. The van der Waals surface area contributed by atoms with E-state index in [0.717, 1.165) is 11.1 Å². The van der Waals surface area contributed by atoms with Crippen LogP contribution in [0.15, 0.2) is 54.6 Å². The van der Waals surface area contributed by atoms with Crippen LogP contribution in [0.2, 0.25) is 0 Å². The number of aryl methyl sites for hydroxylation is 1. The Morgan fingerprint density at radius 3 is 2.22 bits per heavy atom. The lowest BCUT2D eigenvalue weighted by atomic mass is 10.1. The van der Waals surface area contributed by atoms with E-state index in [9.17, 15) is 18.0 Å². The summed E-state index contributed by atoms with van der Waals surface area (Å²) in [5, 5.41) is 5.14. The Kier molecular flexibility index (Phi) is 7.55. The van der Waals surface area contributed by atoms with Crippen molar-refractivity contribution in [2.75, 3.05) is 18.6 Å². The first-order chi connectivity index (χ1) is 12.9. The van der Waals surface area contributed by atoms with Crippen LogP contribution >= 0.6 is 0 Å². The Morgan fingerprint density at radius 1 is 0.926 bits per heavy atom. The molecular weight excluding hydrogens is 364 g/mol. The summed E-state index contributed by atoms with van der Waals surface area (Å²) in [6, 6.07) is 16.4. The molecule has 0 radical (unpaired) electrons. The number of benzene rings is 2. The molecule has 6 nitrogen and oxygen atoms in total. The summed E-state index contributed by atoms with van der Waals surface area (Å²) >= 11 is 0. The second-order valence-electron chi connectivity index (χ2n) is 6.23. The lowest BCUT2D eigenvalue weighted by Crippen LogP contribution is -2.31. The summed E-state index contributed by atoms with van der Waals surface area (Å²) in [6.45, 7) is 0.215. The van der Waals surface area contributed by atoms with Gasteiger partial charge in [-0.25, -0.2) is 8.42 Å². The van der Waals surface area contributed by atoms with Crippen molar-refractivity contribution in [3.8, 4) is 0 Å². The van der Waals surface area contributed by atoms with E-state index in [1.807, 2.05) is 30.3 Å². The Morgan fingerprint density at radius 2 is 1.59 bits per heavy atom. The molecule has 0 unspecified atom stereocenters. The third kappa shape index (κ3) is 7.22. The minimum absolute atomic E-state index is 0.0177. The van der Waals surface area contributed by atoms with E-state index in [2.05, 4.69) is 10.6 Å². The molecule has 2 N–H and O–H groups in total. The number of hydrogen-bond acceptors (Lipinski definition) is 4. The third-order valence-corrected chi connectivity index (χ3v) is 5.66. The van der Waals surface area contributed by atoms with E-state index in [0.29, 0.717) is 18.4 Å². The van der Waals surface area contributed by atoms with Crippen LogP contribution in [0.3, 0.4) is 0 Å². The zero-order valence-electron chi connectivity index (χ0n) is 15.3. The summed E-state index contributed by atoms with van der Waals surface area (Å²) in [4.78, 5) is 23.4. The molecule has 0 heterocycles. The van der Waals surface area contributed by atoms with Crippen LogP contribution in [0.4, 0.5) is 0 Å². The molecule has 0 aliphatic carbocycles. The fourth-order valence-corrected chi connectivity index (χ4v) is 3.81. The van der Waals surface area contributed by atoms with Crippen LogP contribution < -0.4 is 10.6 Å². The number of carbonyl (C=O) groups is 2. The summed E-state index contributed by atoms with van der Waals surface area (Å²) in [6.07, 6.45) is 1.15. The predicted octanol–water partition coefficient (Wildman–Crippen LogP) is 1.71. The normalized spacial score (nSPS) is 11.0. The van der Waals surface area contributed by atoms with Gasteiger partial charge in [0, 0.05) is 19.2 Å². The Labute approximate surface area is 159 Å². The second-order valence-corrected chi connectivity index (χ2v) is 8.42. The molecule has 0 saturated heterocycles. The summed E-state index contributed by atoms with van der Waals surface area (Å²) in [5.41, 5.74) is 2.39. The van der Waals surface area contributed by atoms with Crippen molar-refractivity contribution >= 4 is 21.7 Å². The lowest BCUT2D eigenvalue weighted by Gasteiger charge is -2.07. The standard InChI is InChI=1S/C20H24N2O4S/c1-21-20(24)18-11-9-17(10-12-18)14-22-19(23)15-27(25,26)13-5-8-16-6-3-2-4-7-16/h2-4,6-7,9-12H,5,8,13-15H2,1H3,(H,21,24)(H,22,23). The first-order valence-corrected chi connectivity index (χ1v) is 10.5. The van der Waals surface area contributed by atoms with E-state index in [1.165, 1.54) is 0 Å². The zero-order chi connectivity index (χ0) is 19.7. The zero-order valence-corrected chi connectivity index (χ0v) is 16.1. The van der Waals surface area contributed by atoms with Crippen LogP contribution in [0, 0.1) is 0 Å². The summed E-state index contributed by atoms with van der Waals surface area (Å²) in [7, 11) is -1.89. The highest BCUT2D eigenvalue weighted by Crippen LogP contribution is 2.06. The highest BCUT2D eigenvalue weighted by atomic mass is 32.2. The minimum atomic E-state index is -3.44. The fourth-order valence-electron chi connectivity index (χ4n) is 2.58. The van der Waals surface area contributed by atoms with Crippen molar-refractivity contribution in [2.45, 2.75) is 19.4 Å². The van der Waals surface area contributed by atoms with Crippen molar-refractivity contribution < 1.29 is 18.0 Å². The lowest BCUT2D eigenvalue weighted by molar-refractivity contribution is -0.118. The van der Waals surface area contributed by atoms with Gasteiger partial charge >= 0.3 is 0 Å². The van der Waals surface area contributed by atoms with Gasteiger partial charge in [0.25, 0.3) is 5.91 Å². The van der Waals surface area contributed by atoms with E-state index in [-0.39, 0.29) is 18.2 Å². The molecule has 0 atom stereocenters. The van der Waals surface area contributed by atoms with Crippen molar-refractivity contribution in [2.24, 2.45) is 0 Å². The first kappa shape index (κ1) is 20.6. The fraction of sp³-hybridized carbons (Fsp3) is 0.300. The molecule has 7 heteroatoms. The number of sulfone groups is 1. The molecule has 2 amide bonds. The SMILES string of the molecule is CNC(=O)c1ccc(CNC(=O)CS(=O)(=O)CCCc2ccccc2)cc1. The molecule has 0 bridgehead atoms. The second kappa shape index (κ2) is 9.87. The average molecular weight is 388 g/mol. The largest absolute Gasteiger partial charge is 0.355 e. The molecule has 27 heavy (non-hydrogen) atoms. The van der Waals surface area contributed by atoms with Gasteiger partial charge in [-0.2, -0.15) is 0 Å². The number of hydrogen-bond donors (Lipinski definition) is 2. The molecule has 0 aliphatic rings. The maximum Gasteiger partial charge on any atom is 0.251 e. The molecule has 0 saturated carbocycles. The van der Waals surface area contributed by atoms with Gasteiger partial charge in [-0.3, -0.25) is 9.59 Å². The van der Waals surface area contributed by atoms with Crippen molar-refractivity contribution in [1.29, 1.82) is 0 Å². The molecule has 0 fully saturated rings. The van der Waals surface area contributed by atoms with E-state index in [4.69, 9.17) is 0 Å². The van der Waals surface area contributed by atoms with Crippen LogP contribution in [-0.4, -0.2) is 38.8 Å². The summed E-state index contributed by atoms with van der Waals surface area (Å²) in [5.74, 6) is -1.24. The van der Waals surface area contributed by atoms with Gasteiger partial charge in [-0.1, -0.05) is 42.5 Å². The van der Waals surface area contributed by atoms with Crippen LogP contribution in [0.1, 0.15) is 27.9 Å². The van der Waals surface area contributed by atoms with Crippen molar-refractivity contribution in [3.05, 3.63) is 71.3 Å². The Balaban J connectivity index is 1.76. The molecule has 0 spiro atoms. The van der Waals surface area contributed by atoms with Crippen LogP contribution in [0.25, 0.3) is 0 Å². The Bertz CT molecular complexity index is 863. The van der Waals surface area contributed by atoms with Crippen molar-refractivity contribution in [1.82, 2.24) is 10.6 Å². The van der Waals surface area contributed by atoms with Gasteiger partial charge in [0.2, 0.25) is 5.91 Å². The van der Waals surface area contributed by atoms with Gasteiger partial charge in [-0.15, -0.1) is 0 Å². The third-order valence-electron chi connectivity index (χ3n) is 4.05. The van der Waals surface area contributed by atoms with E-state index >= 15 is 0 Å². The number of carbonyl (C=O) groups excluding carboxylic acids is 2. The molecule has 2 rings (SSSR count). The molecule has 2 aromatic rings. The maximum absolute atomic E-state index is 12.1. The molecule has 0 aromatic heterocycles. The average Bonchev–Trinajstić information content (AvgIpc) is 2.66. The van der Waals surface area contributed by atoms with Crippen molar-refractivity contribution in [3.63, 3.8) is 0 Å². The maximum atomic E-state index is 12.1. The molecule has 144 valence electrons. The van der Waals surface area contributed by atoms with Crippen LogP contribution in [0.5, 0.6) is 0 Å². The monoisotopic (exact) mass is 388 g/mol. The molecule has 2 aromatic carbocycles. The highest BCUT2D eigenvalue weighted by Gasteiger charge is 2.16. The van der Waals surface area contributed by atoms with Gasteiger partial charge in [0.05, 0.1) is 5.75 Å².